The zero-order valence-corrected chi connectivity index (χ0v) is 14.3. The SMILES string of the molecule is C=CC(=O)N1CCCc2cc(C(=O)NC[C@@H]3CCCN3C)ccc21. The summed E-state index contributed by atoms with van der Waals surface area (Å²) in [6, 6.07) is 6.05. The maximum atomic E-state index is 12.4. The molecule has 1 atom stereocenters. The Kier molecular flexibility index (Phi) is 5.00. The molecule has 0 spiro atoms. The number of benzene rings is 1. The topological polar surface area (TPSA) is 52.7 Å². The zero-order valence-electron chi connectivity index (χ0n) is 14.3. The van der Waals surface area contributed by atoms with Gasteiger partial charge in [-0.3, -0.25) is 9.59 Å². The smallest absolute Gasteiger partial charge is 0.251 e. The van der Waals surface area contributed by atoms with Crippen LogP contribution in [0.4, 0.5) is 5.69 Å². The van der Waals surface area contributed by atoms with Gasteiger partial charge in [0.15, 0.2) is 0 Å². The summed E-state index contributed by atoms with van der Waals surface area (Å²) in [5, 5.41) is 3.05. The molecule has 2 amide bonds. The Labute approximate surface area is 143 Å². The van der Waals surface area contributed by atoms with Gasteiger partial charge in [-0.25, -0.2) is 0 Å². The van der Waals surface area contributed by atoms with E-state index in [-0.39, 0.29) is 11.8 Å². The minimum absolute atomic E-state index is 0.0368. The average Bonchev–Trinajstić information content (AvgIpc) is 3.02. The summed E-state index contributed by atoms with van der Waals surface area (Å²) in [5.74, 6) is -0.123. The minimum atomic E-state index is -0.0857. The summed E-state index contributed by atoms with van der Waals surface area (Å²) in [6.07, 6.45) is 5.48. The Balaban J connectivity index is 1.70. The highest BCUT2D eigenvalue weighted by atomic mass is 16.2. The Bertz CT molecular complexity index is 656. The lowest BCUT2D eigenvalue weighted by Gasteiger charge is -2.29. The highest BCUT2D eigenvalue weighted by Gasteiger charge is 2.23. The molecule has 2 aliphatic rings. The van der Waals surface area contributed by atoms with Crippen molar-refractivity contribution in [2.75, 3.05) is 31.6 Å². The van der Waals surface area contributed by atoms with Gasteiger partial charge in [0, 0.05) is 30.4 Å². The molecule has 0 saturated carbocycles. The van der Waals surface area contributed by atoms with Gasteiger partial charge in [0.1, 0.15) is 0 Å². The standard InChI is InChI=1S/C19H25N3O2/c1-3-18(23)22-11-4-6-14-12-15(8-9-17(14)22)19(24)20-13-16-7-5-10-21(16)2/h3,8-9,12,16H,1,4-7,10-11,13H2,2H3,(H,20,24)/t16-/m0/s1. The molecule has 24 heavy (non-hydrogen) atoms. The molecule has 1 saturated heterocycles. The molecular formula is C19H25N3O2. The largest absolute Gasteiger partial charge is 0.350 e. The summed E-state index contributed by atoms with van der Waals surface area (Å²) < 4.78 is 0. The maximum Gasteiger partial charge on any atom is 0.251 e. The van der Waals surface area contributed by atoms with Crippen LogP contribution in [0.15, 0.2) is 30.9 Å². The first-order chi connectivity index (χ1) is 11.6. The van der Waals surface area contributed by atoms with E-state index < -0.39 is 0 Å². The fourth-order valence-corrected chi connectivity index (χ4v) is 3.63. The number of nitrogens with one attached hydrogen (secondary N) is 1. The molecule has 128 valence electrons. The molecule has 0 bridgehead atoms. The van der Waals surface area contributed by atoms with Gasteiger partial charge in [0.2, 0.25) is 5.91 Å². The normalized spacial score (nSPS) is 20.5. The number of rotatable bonds is 4. The van der Waals surface area contributed by atoms with Crippen LogP contribution in [0.25, 0.3) is 0 Å². The first-order valence-corrected chi connectivity index (χ1v) is 8.65. The van der Waals surface area contributed by atoms with Crippen molar-refractivity contribution in [2.24, 2.45) is 0 Å². The van der Waals surface area contributed by atoms with Crippen LogP contribution in [-0.4, -0.2) is 49.4 Å². The van der Waals surface area contributed by atoms with Crippen molar-refractivity contribution in [1.29, 1.82) is 0 Å². The molecule has 2 heterocycles. The van der Waals surface area contributed by atoms with Crippen LogP contribution in [0.2, 0.25) is 0 Å². The summed E-state index contributed by atoms with van der Waals surface area (Å²) in [4.78, 5) is 28.4. The third-order valence-electron chi connectivity index (χ3n) is 5.07. The molecule has 3 rings (SSSR count). The van der Waals surface area contributed by atoms with Crippen molar-refractivity contribution in [3.8, 4) is 0 Å². The lowest BCUT2D eigenvalue weighted by atomic mass is 9.98. The van der Waals surface area contributed by atoms with Crippen LogP contribution < -0.4 is 10.2 Å². The third-order valence-corrected chi connectivity index (χ3v) is 5.07. The van der Waals surface area contributed by atoms with Crippen LogP contribution in [0.1, 0.15) is 35.2 Å². The number of amides is 2. The number of likely N-dealkylation sites (tertiary alicyclic amines) is 1. The number of carbonyl (C=O) groups is 2. The van der Waals surface area contributed by atoms with Gasteiger partial charge in [-0.05, 0) is 69.1 Å². The van der Waals surface area contributed by atoms with Gasteiger partial charge in [0.25, 0.3) is 5.91 Å². The lowest BCUT2D eigenvalue weighted by Crippen LogP contribution is -2.38. The second-order valence-electron chi connectivity index (χ2n) is 6.63. The van der Waals surface area contributed by atoms with Crippen molar-refractivity contribution >= 4 is 17.5 Å². The van der Waals surface area contributed by atoms with Crippen molar-refractivity contribution in [3.05, 3.63) is 42.0 Å². The molecule has 0 aromatic heterocycles. The number of fused-ring (bicyclic) bond motifs is 1. The third kappa shape index (κ3) is 3.36. The molecule has 1 aromatic rings. The highest BCUT2D eigenvalue weighted by Crippen LogP contribution is 2.28. The molecule has 0 radical (unpaired) electrons. The molecular weight excluding hydrogens is 302 g/mol. The molecule has 1 fully saturated rings. The molecule has 1 aromatic carbocycles. The number of carbonyl (C=O) groups excluding carboxylic acids is 2. The predicted molar refractivity (Wildman–Crippen MR) is 95.3 cm³/mol. The first kappa shape index (κ1) is 16.7. The quantitative estimate of drug-likeness (QED) is 0.860. The van der Waals surface area contributed by atoms with Crippen LogP contribution >= 0.6 is 0 Å². The van der Waals surface area contributed by atoms with E-state index in [1.54, 1.807) is 11.0 Å². The summed E-state index contributed by atoms with van der Waals surface area (Å²) in [5.41, 5.74) is 2.63. The molecule has 5 nitrogen and oxygen atoms in total. The van der Waals surface area contributed by atoms with Crippen LogP contribution in [0.5, 0.6) is 0 Å². The predicted octanol–water partition coefficient (Wildman–Crippen LogP) is 1.98. The molecule has 0 aliphatic carbocycles. The van der Waals surface area contributed by atoms with E-state index in [4.69, 9.17) is 0 Å². The minimum Gasteiger partial charge on any atom is -0.350 e. The van der Waals surface area contributed by atoms with Crippen molar-refractivity contribution in [3.63, 3.8) is 0 Å². The first-order valence-electron chi connectivity index (χ1n) is 8.65. The number of hydrogen-bond donors (Lipinski definition) is 1. The van der Waals surface area contributed by atoms with E-state index in [0.29, 0.717) is 24.7 Å². The summed E-state index contributed by atoms with van der Waals surface area (Å²) in [7, 11) is 2.11. The highest BCUT2D eigenvalue weighted by molar-refractivity contribution is 6.02. The van der Waals surface area contributed by atoms with Gasteiger partial charge >= 0.3 is 0 Å². The van der Waals surface area contributed by atoms with Crippen LogP contribution in [0, 0.1) is 0 Å². The zero-order chi connectivity index (χ0) is 17.1. The van der Waals surface area contributed by atoms with Gasteiger partial charge in [-0.2, -0.15) is 0 Å². The van der Waals surface area contributed by atoms with Gasteiger partial charge in [-0.15, -0.1) is 0 Å². The molecule has 1 N–H and O–H groups in total. The number of aryl methyl sites for hydroxylation is 1. The number of anilines is 1. The lowest BCUT2D eigenvalue weighted by molar-refractivity contribution is -0.114. The number of hydrogen-bond acceptors (Lipinski definition) is 3. The summed E-state index contributed by atoms with van der Waals surface area (Å²) in [6.45, 7) is 6.06. The van der Waals surface area contributed by atoms with E-state index in [9.17, 15) is 9.59 Å². The molecule has 5 heteroatoms. The van der Waals surface area contributed by atoms with Crippen molar-refractivity contribution < 1.29 is 9.59 Å². The Morgan fingerprint density at radius 1 is 1.33 bits per heavy atom. The van der Waals surface area contributed by atoms with Crippen LogP contribution in [0.3, 0.4) is 0 Å². The van der Waals surface area contributed by atoms with Crippen LogP contribution in [-0.2, 0) is 11.2 Å². The Morgan fingerprint density at radius 3 is 2.88 bits per heavy atom. The van der Waals surface area contributed by atoms with E-state index in [1.165, 1.54) is 12.5 Å². The van der Waals surface area contributed by atoms with Crippen molar-refractivity contribution in [1.82, 2.24) is 10.2 Å². The average molecular weight is 327 g/mol. The second kappa shape index (κ2) is 7.18. The molecule has 0 unspecified atom stereocenters. The maximum absolute atomic E-state index is 12.4. The van der Waals surface area contributed by atoms with Crippen molar-refractivity contribution in [2.45, 2.75) is 31.7 Å². The number of nitrogens with zero attached hydrogens (tertiary/aromatic N) is 2. The Morgan fingerprint density at radius 2 is 2.17 bits per heavy atom. The van der Waals surface area contributed by atoms with Gasteiger partial charge in [0.05, 0.1) is 0 Å². The molecule has 2 aliphatic heterocycles. The van der Waals surface area contributed by atoms with E-state index in [1.807, 2.05) is 12.1 Å². The van der Waals surface area contributed by atoms with E-state index in [0.717, 1.165) is 37.1 Å². The number of likely N-dealkylation sites (N-methyl/N-ethyl adjacent to an activating group) is 1. The van der Waals surface area contributed by atoms with E-state index >= 15 is 0 Å². The van der Waals surface area contributed by atoms with Gasteiger partial charge in [-0.1, -0.05) is 6.58 Å². The second-order valence-corrected chi connectivity index (χ2v) is 6.63. The van der Waals surface area contributed by atoms with E-state index in [2.05, 4.69) is 23.8 Å². The fourth-order valence-electron chi connectivity index (χ4n) is 3.63. The monoisotopic (exact) mass is 327 g/mol. The fraction of sp³-hybridized carbons (Fsp3) is 0.474. The Hall–Kier alpha value is -2.14. The summed E-state index contributed by atoms with van der Waals surface area (Å²) >= 11 is 0. The van der Waals surface area contributed by atoms with Gasteiger partial charge < -0.3 is 15.1 Å².